The molecule has 2 atom stereocenters. The predicted octanol–water partition coefficient (Wildman–Crippen LogP) is 3.14. The molecular formula is C28H41N3O9. The molecule has 0 aromatic heterocycles. The highest BCUT2D eigenvalue weighted by molar-refractivity contribution is 5.86. The maximum atomic E-state index is 12.7. The van der Waals surface area contributed by atoms with Gasteiger partial charge in [-0.2, -0.15) is 0 Å². The largest absolute Gasteiger partial charge is 0.461 e. The molecule has 222 valence electrons. The van der Waals surface area contributed by atoms with Crippen molar-refractivity contribution in [2.45, 2.75) is 84.3 Å². The first kappa shape index (κ1) is 33.9. The van der Waals surface area contributed by atoms with Gasteiger partial charge in [0.2, 0.25) is 0 Å². The van der Waals surface area contributed by atoms with E-state index in [2.05, 4.69) is 22.5 Å². The molecule has 0 bridgehead atoms. The maximum absolute atomic E-state index is 12.7. The molecule has 40 heavy (non-hydrogen) atoms. The van der Waals surface area contributed by atoms with Gasteiger partial charge in [-0.25, -0.2) is 19.2 Å². The maximum Gasteiger partial charge on any atom is 0.408 e. The SMILES string of the molecule is C=CCOC(=O)[C@H](CCC(=O)OCc1ccccc1)NC(=O)NC[C@H](NC(=O)OC(C)(C)C)C(=O)OC(C)(C)C. The minimum absolute atomic E-state index is 0.0653. The molecule has 1 rings (SSSR count). The summed E-state index contributed by atoms with van der Waals surface area (Å²) in [6, 6.07) is 5.72. The molecule has 0 aliphatic heterocycles. The van der Waals surface area contributed by atoms with Crippen molar-refractivity contribution in [1.82, 2.24) is 16.0 Å². The molecule has 0 heterocycles. The van der Waals surface area contributed by atoms with E-state index < -0.39 is 53.3 Å². The molecule has 12 heteroatoms. The third-order valence-electron chi connectivity index (χ3n) is 4.66. The number of nitrogens with one attached hydrogen (secondary N) is 3. The van der Waals surface area contributed by atoms with E-state index in [-0.39, 0.29) is 32.6 Å². The fraction of sp³-hybridized carbons (Fsp3) is 0.536. The monoisotopic (exact) mass is 563 g/mol. The Morgan fingerprint density at radius 2 is 1.48 bits per heavy atom. The van der Waals surface area contributed by atoms with Gasteiger partial charge in [0.25, 0.3) is 0 Å². The Bertz CT molecular complexity index is 1010. The van der Waals surface area contributed by atoms with Crippen LogP contribution in [0.25, 0.3) is 0 Å². The molecule has 0 saturated heterocycles. The van der Waals surface area contributed by atoms with Crippen molar-refractivity contribution in [2.75, 3.05) is 13.2 Å². The molecule has 0 aliphatic rings. The van der Waals surface area contributed by atoms with Crippen LogP contribution in [0.1, 0.15) is 59.9 Å². The van der Waals surface area contributed by atoms with Crippen LogP contribution < -0.4 is 16.0 Å². The summed E-state index contributed by atoms with van der Waals surface area (Å²) in [5.74, 6) is -2.16. The Morgan fingerprint density at radius 1 is 0.850 bits per heavy atom. The van der Waals surface area contributed by atoms with E-state index in [1.54, 1.807) is 53.7 Å². The standard InChI is InChI=1S/C28H41N3O9/c1-8-16-37-23(33)20(14-15-22(32)38-18-19-12-10-9-11-13-19)30-25(35)29-17-21(24(34)39-27(2,3)4)31-26(36)40-28(5,6)7/h8-13,20-21H,1,14-18H2,2-7H3,(H,31,36)(H2,29,30,35)/t20-,21-/m0/s1. The molecule has 1 aromatic rings. The van der Waals surface area contributed by atoms with Crippen LogP contribution in [0.4, 0.5) is 9.59 Å². The summed E-state index contributed by atoms with van der Waals surface area (Å²) in [7, 11) is 0. The topological polar surface area (TPSA) is 158 Å². The van der Waals surface area contributed by atoms with Gasteiger partial charge in [-0.1, -0.05) is 43.0 Å². The van der Waals surface area contributed by atoms with Crippen molar-refractivity contribution in [2.24, 2.45) is 0 Å². The van der Waals surface area contributed by atoms with Gasteiger partial charge < -0.3 is 34.9 Å². The van der Waals surface area contributed by atoms with Crippen molar-refractivity contribution >= 4 is 30.0 Å². The van der Waals surface area contributed by atoms with Crippen LogP contribution in [0.15, 0.2) is 43.0 Å². The van der Waals surface area contributed by atoms with Gasteiger partial charge in [0.1, 0.15) is 36.5 Å². The quantitative estimate of drug-likeness (QED) is 0.186. The van der Waals surface area contributed by atoms with Gasteiger partial charge >= 0.3 is 30.0 Å². The van der Waals surface area contributed by atoms with Crippen LogP contribution in [0.3, 0.4) is 0 Å². The number of benzene rings is 1. The average Bonchev–Trinajstić information content (AvgIpc) is 2.84. The molecule has 0 radical (unpaired) electrons. The summed E-state index contributed by atoms with van der Waals surface area (Å²) in [5.41, 5.74) is -0.883. The second-order valence-corrected chi connectivity index (χ2v) is 10.7. The number of urea groups is 1. The number of ether oxygens (including phenoxy) is 4. The van der Waals surface area contributed by atoms with Gasteiger partial charge in [-0.15, -0.1) is 0 Å². The summed E-state index contributed by atoms with van der Waals surface area (Å²) in [6.45, 7) is 13.0. The Hall–Kier alpha value is -4.09. The Balaban J connectivity index is 2.80. The number of hydrogen-bond donors (Lipinski definition) is 3. The first-order valence-electron chi connectivity index (χ1n) is 12.8. The third-order valence-corrected chi connectivity index (χ3v) is 4.66. The first-order valence-corrected chi connectivity index (χ1v) is 12.8. The lowest BCUT2D eigenvalue weighted by Gasteiger charge is -2.26. The van der Waals surface area contributed by atoms with Crippen molar-refractivity contribution in [3.8, 4) is 0 Å². The minimum atomic E-state index is -1.29. The van der Waals surface area contributed by atoms with Crippen LogP contribution >= 0.6 is 0 Å². The van der Waals surface area contributed by atoms with E-state index >= 15 is 0 Å². The number of carbonyl (C=O) groups excluding carboxylic acids is 5. The number of amides is 3. The third kappa shape index (κ3) is 15.4. The van der Waals surface area contributed by atoms with Crippen molar-refractivity contribution in [1.29, 1.82) is 0 Å². The zero-order chi connectivity index (χ0) is 30.3. The number of esters is 3. The highest BCUT2D eigenvalue weighted by atomic mass is 16.6. The van der Waals surface area contributed by atoms with E-state index in [0.29, 0.717) is 0 Å². The van der Waals surface area contributed by atoms with Gasteiger partial charge in [0.15, 0.2) is 0 Å². The van der Waals surface area contributed by atoms with E-state index in [0.717, 1.165) is 5.56 Å². The Kier molecular flexibility index (Phi) is 13.7. The molecule has 0 aliphatic carbocycles. The van der Waals surface area contributed by atoms with Crippen LogP contribution in [0.2, 0.25) is 0 Å². The van der Waals surface area contributed by atoms with Gasteiger partial charge in [-0.05, 0) is 53.5 Å². The van der Waals surface area contributed by atoms with Crippen molar-refractivity contribution in [3.63, 3.8) is 0 Å². The van der Waals surface area contributed by atoms with E-state index in [1.807, 2.05) is 18.2 Å². The second-order valence-electron chi connectivity index (χ2n) is 10.7. The van der Waals surface area contributed by atoms with Crippen molar-refractivity contribution < 1.29 is 42.9 Å². The fourth-order valence-electron chi connectivity index (χ4n) is 2.98. The number of carbonyl (C=O) groups is 5. The first-order chi connectivity index (χ1) is 18.6. The summed E-state index contributed by atoms with van der Waals surface area (Å²) >= 11 is 0. The zero-order valence-electron chi connectivity index (χ0n) is 24.0. The predicted molar refractivity (Wildman–Crippen MR) is 146 cm³/mol. The van der Waals surface area contributed by atoms with Crippen LogP contribution in [0.5, 0.6) is 0 Å². The van der Waals surface area contributed by atoms with E-state index in [1.165, 1.54) is 6.08 Å². The summed E-state index contributed by atoms with van der Waals surface area (Å²) in [5, 5.41) is 7.24. The average molecular weight is 564 g/mol. The molecule has 0 unspecified atom stereocenters. The molecule has 12 nitrogen and oxygen atoms in total. The van der Waals surface area contributed by atoms with Gasteiger partial charge in [0.05, 0.1) is 6.54 Å². The van der Waals surface area contributed by atoms with Crippen LogP contribution in [0, 0.1) is 0 Å². The second kappa shape index (κ2) is 16.1. The molecule has 1 aromatic carbocycles. The minimum Gasteiger partial charge on any atom is -0.461 e. The van der Waals surface area contributed by atoms with Gasteiger partial charge in [-0.3, -0.25) is 4.79 Å². The van der Waals surface area contributed by atoms with Crippen LogP contribution in [-0.2, 0) is 39.9 Å². The molecule has 0 spiro atoms. The Labute approximate surface area is 235 Å². The summed E-state index contributed by atoms with van der Waals surface area (Å²) in [4.78, 5) is 62.3. The molecular weight excluding hydrogens is 522 g/mol. The smallest absolute Gasteiger partial charge is 0.408 e. The lowest BCUT2D eigenvalue weighted by Crippen LogP contribution is -2.54. The van der Waals surface area contributed by atoms with Crippen molar-refractivity contribution in [3.05, 3.63) is 48.6 Å². The van der Waals surface area contributed by atoms with Gasteiger partial charge in [0, 0.05) is 6.42 Å². The normalized spacial score (nSPS) is 12.7. The summed E-state index contributed by atoms with van der Waals surface area (Å²) in [6.07, 6.45) is 0.187. The lowest BCUT2D eigenvalue weighted by molar-refractivity contribution is -0.157. The molecule has 0 fully saturated rings. The number of rotatable bonds is 13. The Morgan fingerprint density at radius 3 is 2.05 bits per heavy atom. The number of alkyl carbamates (subject to hydrolysis) is 1. The number of hydrogen-bond acceptors (Lipinski definition) is 9. The molecule has 0 saturated carbocycles. The highest BCUT2D eigenvalue weighted by Gasteiger charge is 2.30. The summed E-state index contributed by atoms with van der Waals surface area (Å²) < 4.78 is 20.8. The van der Waals surface area contributed by atoms with Crippen LogP contribution in [-0.4, -0.2) is 66.5 Å². The lowest BCUT2D eigenvalue weighted by atomic mass is 10.1. The van der Waals surface area contributed by atoms with E-state index in [4.69, 9.17) is 18.9 Å². The molecule has 3 N–H and O–H groups in total. The fourth-order valence-corrected chi connectivity index (χ4v) is 2.98. The highest BCUT2D eigenvalue weighted by Crippen LogP contribution is 2.11. The molecule has 3 amide bonds. The zero-order valence-corrected chi connectivity index (χ0v) is 24.0. The van der Waals surface area contributed by atoms with E-state index in [9.17, 15) is 24.0 Å².